The number of hydrogen-bond acceptors (Lipinski definition) is 17. The minimum Gasteiger partial charge on any atom is -0.485 e. The summed E-state index contributed by atoms with van der Waals surface area (Å²) in [6.07, 6.45) is 5.79. The zero-order valence-electron chi connectivity index (χ0n) is 35.2. The monoisotopic (exact) mass is 968 g/mol. The smallest absolute Gasteiger partial charge is 0.411 e. The minimum atomic E-state index is -0.585. The van der Waals surface area contributed by atoms with Crippen molar-refractivity contribution in [1.82, 2.24) is 35.2 Å². The van der Waals surface area contributed by atoms with Gasteiger partial charge in [-0.15, -0.1) is 22.7 Å². The van der Waals surface area contributed by atoms with Gasteiger partial charge in [0.2, 0.25) is 0 Å². The molecule has 66 heavy (non-hydrogen) atoms. The van der Waals surface area contributed by atoms with E-state index in [1.807, 2.05) is 22.9 Å². The SMILES string of the molecule is C[C@@H](N)COC(=O)Nc1ccc2ncnc(Nc3ccc(OCc4nccs4)c(Cl)c3)c2c1.C[C@H](CO)NC(=O)Nc1ccc2ncnc(Nc3ccc(OCc4nccs4)c(Cl)c3)c2c1. The number of halogens is 2. The molecular formula is C44H42Cl2N12O6S2. The number of thiazole rings is 2. The molecular weight excluding hydrogens is 928 g/mol. The lowest BCUT2D eigenvalue weighted by Gasteiger charge is -2.14. The number of nitrogens with zero attached hydrogens (tertiary/aromatic N) is 6. The summed E-state index contributed by atoms with van der Waals surface area (Å²) in [5.74, 6) is 2.22. The number of ether oxygens (including phenoxy) is 3. The van der Waals surface area contributed by atoms with E-state index in [-0.39, 0.29) is 25.3 Å². The summed E-state index contributed by atoms with van der Waals surface area (Å²) < 4.78 is 16.6. The van der Waals surface area contributed by atoms with Crippen LogP contribution in [-0.2, 0) is 18.0 Å². The van der Waals surface area contributed by atoms with E-state index >= 15 is 0 Å². The molecule has 340 valence electrons. The Hall–Kier alpha value is -6.94. The van der Waals surface area contributed by atoms with Gasteiger partial charge in [-0.05, 0) is 86.6 Å². The number of nitrogens with two attached hydrogens (primary N) is 1. The number of aliphatic hydroxyl groups is 1. The number of carbonyl (C=O) groups is 2. The standard InChI is InChI=1S/2C22H21ClN6O3S/c1-13(24)10-32-22(30)29-14-2-4-18-16(8-14)21(27-12-26-18)28-15-3-5-19(17(23)9-15)31-11-20-25-6-7-33-20;1-13(10-30)27-22(31)29-14-2-4-18-16(8-14)21(26-12-25-18)28-15-3-5-19(17(23)9-15)32-11-20-24-6-7-33-20/h2-9,12-13H,10-11,24H2,1H3,(H,29,30)(H,26,27,28);2-9,12-13,30H,10-11H2,1H3,(H,25,26,28)(H2,27,29,31)/t2*13-/m11/s1. The number of aliphatic hydroxyl groups excluding tert-OH is 1. The van der Waals surface area contributed by atoms with Crippen molar-refractivity contribution < 1.29 is 28.9 Å². The number of urea groups is 1. The maximum absolute atomic E-state index is 12.1. The van der Waals surface area contributed by atoms with Gasteiger partial charge >= 0.3 is 12.1 Å². The molecule has 8 aromatic rings. The highest BCUT2D eigenvalue weighted by atomic mass is 35.5. The maximum Gasteiger partial charge on any atom is 0.411 e. The first kappa shape index (κ1) is 47.0. The van der Waals surface area contributed by atoms with Crippen molar-refractivity contribution in [2.45, 2.75) is 39.1 Å². The molecule has 4 aromatic carbocycles. The van der Waals surface area contributed by atoms with E-state index in [4.69, 9.17) is 48.3 Å². The molecule has 0 saturated heterocycles. The van der Waals surface area contributed by atoms with Crippen LogP contribution in [0.2, 0.25) is 10.0 Å². The summed E-state index contributed by atoms with van der Waals surface area (Å²) in [4.78, 5) is 49.7. The number of benzene rings is 4. The van der Waals surface area contributed by atoms with Crippen LogP contribution in [0.1, 0.15) is 23.9 Å². The Morgan fingerprint density at radius 3 is 1.64 bits per heavy atom. The molecule has 4 aromatic heterocycles. The summed E-state index contributed by atoms with van der Waals surface area (Å²) in [6, 6.07) is 20.3. The van der Waals surface area contributed by atoms with Crippen LogP contribution < -0.4 is 41.8 Å². The first-order valence-electron chi connectivity index (χ1n) is 20.0. The summed E-state index contributed by atoms with van der Waals surface area (Å²) in [5, 5.41) is 31.5. The molecule has 4 heterocycles. The molecule has 3 amide bonds. The number of fused-ring (bicyclic) bond motifs is 2. The number of rotatable bonds is 16. The second-order valence-electron chi connectivity index (χ2n) is 14.3. The van der Waals surface area contributed by atoms with Crippen molar-refractivity contribution in [2.24, 2.45) is 5.73 Å². The predicted octanol–water partition coefficient (Wildman–Crippen LogP) is 9.52. The van der Waals surface area contributed by atoms with Gasteiger partial charge in [-0.3, -0.25) is 5.32 Å². The Kier molecular flexibility index (Phi) is 16.2. The number of hydrogen-bond donors (Lipinski definition) is 7. The van der Waals surface area contributed by atoms with Crippen molar-refractivity contribution in [3.05, 3.63) is 129 Å². The van der Waals surface area contributed by atoms with Crippen molar-refractivity contribution >= 4 is 114 Å². The average Bonchev–Trinajstić information content (AvgIpc) is 4.04. The predicted molar refractivity (Wildman–Crippen MR) is 259 cm³/mol. The van der Waals surface area contributed by atoms with E-state index in [0.29, 0.717) is 79.6 Å². The highest BCUT2D eigenvalue weighted by Gasteiger charge is 2.13. The fraction of sp³-hybridized carbons (Fsp3) is 0.182. The van der Waals surface area contributed by atoms with E-state index in [2.05, 4.69) is 56.5 Å². The van der Waals surface area contributed by atoms with Crippen molar-refractivity contribution in [1.29, 1.82) is 0 Å². The molecule has 8 N–H and O–H groups in total. The first-order valence-corrected chi connectivity index (χ1v) is 22.5. The fourth-order valence-electron chi connectivity index (χ4n) is 5.86. The molecule has 2 atom stereocenters. The van der Waals surface area contributed by atoms with Gasteiger partial charge in [0.1, 0.15) is 65.6 Å². The van der Waals surface area contributed by atoms with Gasteiger partial charge in [-0.25, -0.2) is 39.5 Å². The highest BCUT2D eigenvalue weighted by molar-refractivity contribution is 7.09. The van der Waals surface area contributed by atoms with Crippen LogP contribution in [0.5, 0.6) is 11.5 Å². The van der Waals surface area contributed by atoms with Crippen LogP contribution in [0, 0.1) is 0 Å². The topological polar surface area (TPSA) is 246 Å². The lowest BCUT2D eigenvalue weighted by molar-refractivity contribution is 0.156. The van der Waals surface area contributed by atoms with E-state index in [1.54, 1.807) is 86.9 Å². The third-order valence-electron chi connectivity index (χ3n) is 8.96. The van der Waals surface area contributed by atoms with Crippen LogP contribution in [0.4, 0.5) is 44.0 Å². The molecule has 0 aliphatic rings. The van der Waals surface area contributed by atoms with Gasteiger partial charge in [-0.1, -0.05) is 23.2 Å². The summed E-state index contributed by atoms with van der Waals surface area (Å²) in [5.41, 5.74) is 9.56. The Labute approximate surface area is 395 Å². The van der Waals surface area contributed by atoms with E-state index < -0.39 is 12.1 Å². The largest absolute Gasteiger partial charge is 0.485 e. The molecule has 0 aliphatic heterocycles. The lowest BCUT2D eigenvalue weighted by atomic mass is 10.2. The first-order chi connectivity index (χ1) is 32.0. The van der Waals surface area contributed by atoms with E-state index in [0.717, 1.165) is 21.4 Å². The number of carbonyl (C=O) groups excluding carboxylic acids is 2. The third kappa shape index (κ3) is 13.3. The van der Waals surface area contributed by atoms with Gasteiger partial charge in [0.15, 0.2) is 0 Å². The van der Waals surface area contributed by atoms with Crippen LogP contribution in [0.25, 0.3) is 21.8 Å². The molecule has 0 radical (unpaired) electrons. The Bertz CT molecular complexity index is 2900. The van der Waals surface area contributed by atoms with E-state index in [1.165, 1.54) is 35.3 Å². The molecule has 0 fully saturated rings. The van der Waals surface area contributed by atoms with Gasteiger partial charge < -0.3 is 46.3 Å². The second kappa shape index (κ2) is 22.8. The van der Waals surface area contributed by atoms with Crippen LogP contribution >= 0.6 is 45.9 Å². The quantitative estimate of drug-likeness (QED) is 0.0477. The van der Waals surface area contributed by atoms with Crippen LogP contribution in [0.3, 0.4) is 0 Å². The van der Waals surface area contributed by atoms with Gasteiger partial charge in [0.05, 0.1) is 33.7 Å². The number of aromatic nitrogens is 6. The highest BCUT2D eigenvalue weighted by Crippen LogP contribution is 2.33. The zero-order valence-corrected chi connectivity index (χ0v) is 38.3. The van der Waals surface area contributed by atoms with Crippen molar-refractivity contribution in [2.75, 3.05) is 34.5 Å². The van der Waals surface area contributed by atoms with Crippen LogP contribution in [0.15, 0.2) is 109 Å². The van der Waals surface area contributed by atoms with Gasteiger partial charge in [0, 0.05) is 62.7 Å². The normalized spacial score (nSPS) is 11.7. The van der Waals surface area contributed by atoms with Crippen LogP contribution in [-0.4, -0.2) is 72.4 Å². The molecule has 0 spiro atoms. The number of amides is 3. The third-order valence-corrected chi connectivity index (χ3v) is 11.1. The molecule has 0 saturated carbocycles. The van der Waals surface area contributed by atoms with E-state index in [9.17, 15) is 9.59 Å². The Morgan fingerprint density at radius 2 is 1.18 bits per heavy atom. The molecule has 8 rings (SSSR count). The fourth-order valence-corrected chi connectivity index (χ4v) is 7.38. The summed E-state index contributed by atoms with van der Waals surface area (Å²) in [7, 11) is 0. The molecule has 22 heteroatoms. The number of nitrogens with one attached hydrogen (secondary N) is 5. The Morgan fingerprint density at radius 1 is 0.682 bits per heavy atom. The second-order valence-corrected chi connectivity index (χ2v) is 17.0. The molecule has 0 unspecified atom stereocenters. The average molecular weight is 970 g/mol. The molecule has 0 aliphatic carbocycles. The maximum atomic E-state index is 12.1. The Balaban J connectivity index is 0.000000196. The summed E-state index contributed by atoms with van der Waals surface area (Å²) in [6.45, 7) is 4.13. The zero-order chi connectivity index (χ0) is 46.4. The number of anilines is 6. The lowest BCUT2D eigenvalue weighted by Crippen LogP contribution is -2.38. The molecule has 0 bridgehead atoms. The minimum absolute atomic E-state index is 0.125. The van der Waals surface area contributed by atoms with Crippen molar-refractivity contribution in [3.63, 3.8) is 0 Å². The summed E-state index contributed by atoms with van der Waals surface area (Å²) >= 11 is 15.8. The van der Waals surface area contributed by atoms with Gasteiger partial charge in [0.25, 0.3) is 0 Å². The molecule has 18 nitrogen and oxygen atoms in total. The van der Waals surface area contributed by atoms with Gasteiger partial charge in [-0.2, -0.15) is 0 Å². The van der Waals surface area contributed by atoms with Crippen molar-refractivity contribution in [3.8, 4) is 11.5 Å².